The van der Waals surface area contributed by atoms with Gasteiger partial charge in [0.1, 0.15) is 12.4 Å². The maximum atomic E-state index is 12.4. The van der Waals surface area contributed by atoms with Crippen molar-refractivity contribution in [1.29, 1.82) is 0 Å². The Morgan fingerprint density at radius 3 is 2.50 bits per heavy atom. The molecule has 0 saturated heterocycles. The molecule has 0 N–H and O–H groups in total. The molecule has 1 aliphatic heterocycles. The monoisotopic (exact) mass is 279 g/mol. The van der Waals surface area contributed by atoms with E-state index in [4.69, 9.17) is 4.74 Å². The van der Waals surface area contributed by atoms with E-state index in [9.17, 15) is 4.39 Å². The molecular formula is C17H26FNO. The minimum absolute atomic E-state index is 0.248. The van der Waals surface area contributed by atoms with Gasteiger partial charge in [0, 0.05) is 6.54 Å². The van der Waals surface area contributed by atoms with Crippen molar-refractivity contribution in [2.75, 3.05) is 31.3 Å². The van der Waals surface area contributed by atoms with E-state index in [-0.39, 0.29) is 6.67 Å². The molecule has 1 aromatic carbocycles. The molecule has 0 aliphatic carbocycles. The smallest absolute Gasteiger partial charge is 0.142 e. The zero-order valence-electron chi connectivity index (χ0n) is 12.8. The van der Waals surface area contributed by atoms with Crippen molar-refractivity contribution in [3.8, 4) is 5.75 Å². The first kappa shape index (κ1) is 15.1. The van der Waals surface area contributed by atoms with Gasteiger partial charge >= 0.3 is 0 Å². The summed E-state index contributed by atoms with van der Waals surface area (Å²) in [6.07, 6.45) is 5.12. The van der Waals surface area contributed by atoms with E-state index in [1.54, 1.807) is 0 Å². The quantitative estimate of drug-likeness (QED) is 0.743. The molecule has 1 heterocycles. The summed E-state index contributed by atoms with van der Waals surface area (Å²) >= 11 is 0. The number of ether oxygens (including phenoxy) is 1. The highest BCUT2D eigenvalue weighted by Gasteiger charge is 2.20. The summed E-state index contributed by atoms with van der Waals surface area (Å²) in [6, 6.07) is 4.49. The van der Waals surface area contributed by atoms with E-state index < -0.39 is 0 Å². The SMILES string of the molecule is CCCc1cc2c(cc1CCC)N(CCCF)CCO2. The zero-order valence-corrected chi connectivity index (χ0v) is 12.8. The van der Waals surface area contributed by atoms with E-state index in [2.05, 4.69) is 30.9 Å². The van der Waals surface area contributed by atoms with Crippen LogP contribution in [-0.4, -0.2) is 26.4 Å². The molecule has 0 unspecified atom stereocenters. The predicted molar refractivity (Wildman–Crippen MR) is 82.7 cm³/mol. The molecule has 0 saturated carbocycles. The van der Waals surface area contributed by atoms with Crippen LogP contribution < -0.4 is 9.64 Å². The molecule has 3 heteroatoms. The maximum Gasteiger partial charge on any atom is 0.142 e. The molecule has 20 heavy (non-hydrogen) atoms. The molecule has 112 valence electrons. The lowest BCUT2D eigenvalue weighted by molar-refractivity contribution is 0.305. The second-order valence-corrected chi connectivity index (χ2v) is 5.47. The number of hydrogen-bond acceptors (Lipinski definition) is 2. The van der Waals surface area contributed by atoms with Gasteiger partial charge in [-0.2, -0.15) is 0 Å². The van der Waals surface area contributed by atoms with E-state index in [1.807, 2.05) is 0 Å². The van der Waals surface area contributed by atoms with Gasteiger partial charge in [-0.05, 0) is 42.5 Å². The van der Waals surface area contributed by atoms with Crippen LogP contribution in [0.4, 0.5) is 10.1 Å². The third kappa shape index (κ3) is 3.44. The third-order valence-corrected chi connectivity index (χ3v) is 3.84. The zero-order chi connectivity index (χ0) is 14.4. The standard InChI is InChI=1S/C17H26FNO/c1-3-6-14-12-16-17(13-15(14)7-4-2)20-11-10-19(16)9-5-8-18/h12-13H,3-11H2,1-2H3. The van der Waals surface area contributed by atoms with Gasteiger partial charge in [0.25, 0.3) is 0 Å². The molecular weight excluding hydrogens is 253 g/mol. The van der Waals surface area contributed by atoms with Gasteiger partial charge < -0.3 is 9.64 Å². The Morgan fingerprint density at radius 2 is 1.85 bits per heavy atom. The van der Waals surface area contributed by atoms with Gasteiger partial charge in [0.05, 0.1) is 18.9 Å². The molecule has 0 aromatic heterocycles. The second-order valence-electron chi connectivity index (χ2n) is 5.47. The van der Waals surface area contributed by atoms with Gasteiger partial charge in [-0.15, -0.1) is 0 Å². The summed E-state index contributed by atoms with van der Waals surface area (Å²) < 4.78 is 18.2. The van der Waals surface area contributed by atoms with E-state index in [0.29, 0.717) is 13.0 Å². The maximum absolute atomic E-state index is 12.4. The van der Waals surface area contributed by atoms with Gasteiger partial charge in [-0.1, -0.05) is 26.7 Å². The number of anilines is 1. The van der Waals surface area contributed by atoms with Crippen LogP contribution in [0.1, 0.15) is 44.2 Å². The van der Waals surface area contributed by atoms with Gasteiger partial charge in [0.2, 0.25) is 0 Å². The summed E-state index contributed by atoms with van der Waals surface area (Å²) in [5.74, 6) is 0.985. The Balaban J connectivity index is 2.30. The molecule has 0 radical (unpaired) electrons. The Labute approximate surface area is 121 Å². The number of hydrogen-bond donors (Lipinski definition) is 0. The molecule has 0 amide bonds. The van der Waals surface area contributed by atoms with Crippen molar-refractivity contribution in [1.82, 2.24) is 0 Å². The Bertz CT molecular complexity index is 433. The summed E-state index contributed by atoms with van der Waals surface area (Å²) in [5.41, 5.74) is 4.01. The Kier molecular flexibility index (Phi) is 5.69. The summed E-state index contributed by atoms with van der Waals surface area (Å²) in [4.78, 5) is 2.27. The highest BCUT2D eigenvalue weighted by molar-refractivity contribution is 5.63. The first-order chi connectivity index (χ1) is 9.80. The van der Waals surface area contributed by atoms with Crippen molar-refractivity contribution in [3.63, 3.8) is 0 Å². The van der Waals surface area contributed by atoms with Crippen LogP contribution in [0.2, 0.25) is 0 Å². The fourth-order valence-corrected chi connectivity index (χ4v) is 2.89. The number of halogens is 1. The van der Waals surface area contributed by atoms with Crippen LogP contribution in [0.3, 0.4) is 0 Å². The van der Waals surface area contributed by atoms with Crippen LogP contribution in [0.5, 0.6) is 5.75 Å². The van der Waals surface area contributed by atoms with E-state index in [1.165, 1.54) is 11.1 Å². The molecule has 0 fully saturated rings. The van der Waals surface area contributed by atoms with Gasteiger partial charge in [-0.25, -0.2) is 0 Å². The lowest BCUT2D eigenvalue weighted by atomic mass is 9.97. The average Bonchev–Trinajstić information content (AvgIpc) is 2.46. The third-order valence-electron chi connectivity index (χ3n) is 3.84. The lowest BCUT2D eigenvalue weighted by Crippen LogP contribution is -2.34. The second kappa shape index (κ2) is 7.51. The van der Waals surface area contributed by atoms with Crippen LogP contribution in [-0.2, 0) is 12.8 Å². The minimum Gasteiger partial charge on any atom is -0.490 e. The number of aryl methyl sites for hydroxylation is 2. The van der Waals surface area contributed by atoms with Crippen LogP contribution in [0, 0.1) is 0 Å². The molecule has 1 aliphatic rings. The van der Waals surface area contributed by atoms with Crippen LogP contribution >= 0.6 is 0 Å². The minimum atomic E-state index is -0.248. The topological polar surface area (TPSA) is 12.5 Å². The van der Waals surface area contributed by atoms with Gasteiger partial charge in [-0.3, -0.25) is 4.39 Å². The first-order valence-electron chi connectivity index (χ1n) is 7.89. The highest BCUT2D eigenvalue weighted by atomic mass is 19.1. The number of fused-ring (bicyclic) bond motifs is 1. The largest absolute Gasteiger partial charge is 0.490 e. The lowest BCUT2D eigenvalue weighted by Gasteiger charge is -2.32. The van der Waals surface area contributed by atoms with Crippen molar-refractivity contribution in [3.05, 3.63) is 23.3 Å². The Morgan fingerprint density at radius 1 is 1.15 bits per heavy atom. The number of alkyl halides is 1. The predicted octanol–water partition coefficient (Wildman–Crippen LogP) is 4.15. The van der Waals surface area contributed by atoms with Crippen LogP contribution in [0.15, 0.2) is 12.1 Å². The van der Waals surface area contributed by atoms with Crippen molar-refractivity contribution in [2.45, 2.75) is 46.0 Å². The normalized spacial score (nSPS) is 14.1. The van der Waals surface area contributed by atoms with Crippen LogP contribution in [0.25, 0.3) is 0 Å². The molecule has 0 spiro atoms. The number of nitrogens with zero attached hydrogens (tertiary/aromatic N) is 1. The fraction of sp³-hybridized carbons (Fsp3) is 0.647. The highest BCUT2D eigenvalue weighted by Crippen LogP contribution is 2.35. The van der Waals surface area contributed by atoms with E-state index in [0.717, 1.165) is 50.2 Å². The summed E-state index contributed by atoms with van der Waals surface area (Å²) in [6.45, 7) is 6.54. The molecule has 2 rings (SSSR count). The summed E-state index contributed by atoms with van der Waals surface area (Å²) in [5, 5.41) is 0. The average molecular weight is 279 g/mol. The van der Waals surface area contributed by atoms with E-state index >= 15 is 0 Å². The molecule has 0 bridgehead atoms. The van der Waals surface area contributed by atoms with Gasteiger partial charge in [0.15, 0.2) is 0 Å². The first-order valence-corrected chi connectivity index (χ1v) is 7.89. The van der Waals surface area contributed by atoms with Crippen molar-refractivity contribution in [2.24, 2.45) is 0 Å². The molecule has 1 aromatic rings. The molecule has 2 nitrogen and oxygen atoms in total. The van der Waals surface area contributed by atoms with Crippen molar-refractivity contribution >= 4 is 5.69 Å². The fourth-order valence-electron chi connectivity index (χ4n) is 2.89. The number of benzene rings is 1. The summed E-state index contributed by atoms with van der Waals surface area (Å²) in [7, 11) is 0. The van der Waals surface area contributed by atoms with Crippen molar-refractivity contribution < 1.29 is 9.13 Å². The molecule has 0 atom stereocenters. The Hall–Kier alpha value is -1.25. The number of rotatable bonds is 7.